The summed E-state index contributed by atoms with van der Waals surface area (Å²) in [6.45, 7) is 0. The fourth-order valence-corrected chi connectivity index (χ4v) is 6.22. The van der Waals surface area contributed by atoms with Crippen molar-refractivity contribution in [3.63, 3.8) is 0 Å². The number of hydrogen-bond donors (Lipinski definition) is 2. The molecule has 0 atom stereocenters. The quantitative estimate of drug-likeness (QED) is 0.170. The van der Waals surface area contributed by atoms with E-state index in [9.17, 15) is 0 Å². The molecule has 8 aromatic rings. The molecule has 10 heteroatoms. The SMILES string of the molecule is [Mn][O]c1ccccc1.c1ccc2c(c1)-c1nc-2nc2[nH]c(nc3nc(nc4[nH]c(n1)c1ccccc41)-c1ccccc1-3)c1ccccc21. The van der Waals surface area contributed by atoms with Gasteiger partial charge in [0, 0.05) is 43.8 Å². The summed E-state index contributed by atoms with van der Waals surface area (Å²) >= 11 is 2.86. The zero-order chi connectivity index (χ0) is 32.0. The van der Waals surface area contributed by atoms with Gasteiger partial charge >= 0.3 is 56.2 Å². The second-order valence-electron chi connectivity index (χ2n) is 11.2. The van der Waals surface area contributed by atoms with Crippen LogP contribution >= 0.6 is 0 Å². The van der Waals surface area contributed by atoms with Crippen molar-refractivity contribution in [1.29, 1.82) is 0 Å². The van der Waals surface area contributed by atoms with Gasteiger partial charge < -0.3 is 9.97 Å². The molecule has 0 aliphatic carbocycles. The number of rotatable bonds is 1. The van der Waals surface area contributed by atoms with Gasteiger partial charge in [0.25, 0.3) is 0 Å². The van der Waals surface area contributed by atoms with Crippen molar-refractivity contribution in [2.24, 2.45) is 0 Å². The first kappa shape index (κ1) is 28.0. The number of nitrogens with zero attached hydrogens (tertiary/aromatic N) is 6. The van der Waals surface area contributed by atoms with Gasteiger partial charge in [-0.1, -0.05) is 97.1 Å². The fourth-order valence-electron chi connectivity index (χ4n) is 6.06. The summed E-state index contributed by atoms with van der Waals surface area (Å²) < 4.78 is 4.73. The van der Waals surface area contributed by atoms with Crippen LogP contribution in [0.2, 0.25) is 0 Å². The minimum absolute atomic E-state index is 0.597. The van der Waals surface area contributed by atoms with E-state index in [1.807, 2.05) is 127 Å². The largest absolute Gasteiger partial charge is 0.324 e. The van der Waals surface area contributed by atoms with Crippen LogP contribution in [0.1, 0.15) is 0 Å². The first-order chi connectivity index (χ1) is 23.7. The summed E-state index contributed by atoms with van der Waals surface area (Å²) in [5.41, 5.74) is 6.45. The molecule has 2 N–H and O–H groups in total. The van der Waals surface area contributed by atoms with Gasteiger partial charge in [0.05, 0.1) is 0 Å². The van der Waals surface area contributed by atoms with E-state index in [0.717, 1.165) is 49.5 Å². The van der Waals surface area contributed by atoms with Crippen LogP contribution in [0.15, 0.2) is 127 Å². The molecule has 10 rings (SSSR count). The van der Waals surface area contributed by atoms with Crippen LogP contribution in [0.3, 0.4) is 0 Å². The zero-order valence-corrected chi connectivity index (χ0v) is 26.3. The molecule has 8 bridgehead atoms. The minimum Gasteiger partial charge on any atom is -0.324 e. The number of benzene rings is 5. The van der Waals surface area contributed by atoms with E-state index < -0.39 is 0 Å². The Kier molecular flexibility index (Phi) is 6.74. The van der Waals surface area contributed by atoms with E-state index in [-0.39, 0.29) is 0 Å². The molecule has 0 unspecified atom stereocenters. The van der Waals surface area contributed by atoms with Gasteiger partial charge in [-0.2, -0.15) is 0 Å². The number of aromatic amines is 2. The molecule has 228 valence electrons. The van der Waals surface area contributed by atoms with Crippen LogP contribution in [0.25, 0.3) is 89.7 Å². The summed E-state index contributed by atoms with van der Waals surface area (Å²) in [6.07, 6.45) is 0. The first-order valence-electron chi connectivity index (χ1n) is 15.3. The molecule has 2 aliphatic rings. The molecule has 0 saturated carbocycles. The standard InChI is InChI=1S/C32H18N8.C6H6O.Mn/c1-2-10-18-17(9-1)25-33-26(18)38-28-21-13-5-6-14-22(21)30(35-28)40-32-24-16-8-7-15-23(24)31(36-32)39-29-20-12-4-3-11-19(20)27(34-29)37-25;7-6-4-2-1-3-5-6;/h1-16H,(H2,33,34,35,36,37,38,39,40);1-5,7H;/q;;+1/p-1. The molecular formula is C38H23MnN8O. The molecule has 3 aromatic heterocycles. The van der Waals surface area contributed by atoms with E-state index in [1.54, 1.807) is 0 Å². The predicted molar refractivity (Wildman–Crippen MR) is 183 cm³/mol. The van der Waals surface area contributed by atoms with Gasteiger partial charge in [0.1, 0.15) is 22.6 Å². The molecule has 0 fully saturated rings. The average Bonchev–Trinajstić information content (AvgIpc) is 3.88. The molecular weight excluding hydrogens is 639 g/mol. The normalized spacial score (nSPS) is 11.4. The van der Waals surface area contributed by atoms with Crippen LogP contribution in [0.5, 0.6) is 5.75 Å². The first-order valence-corrected chi connectivity index (χ1v) is 15.7. The Morgan fingerprint density at radius 1 is 0.354 bits per heavy atom. The number of hydrogen-bond acceptors (Lipinski definition) is 7. The third kappa shape index (κ3) is 4.79. The summed E-state index contributed by atoms with van der Waals surface area (Å²) in [7, 11) is 0. The van der Waals surface area contributed by atoms with Crippen molar-refractivity contribution >= 4 is 44.1 Å². The predicted octanol–water partition coefficient (Wildman–Crippen LogP) is 8.40. The van der Waals surface area contributed by atoms with Gasteiger partial charge in [0.15, 0.2) is 23.3 Å². The van der Waals surface area contributed by atoms with Crippen LogP contribution in [0, 0.1) is 0 Å². The minimum atomic E-state index is 0.597. The van der Waals surface area contributed by atoms with Crippen molar-refractivity contribution < 1.29 is 20.2 Å². The van der Waals surface area contributed by atoms with Crippen LogP contribution < -0.4 is 3.82 Å². The Morgan fingerprint density at radius 2 is 0.646 bits per heavy atom. The second kappa shape index (κ2) is 11.5. The third-order valence-corrected chi connectivity index (χ3v) is 8.57. The number of nitrogens with one attached hydrogen (secondary N) is 2. The van der Waals surface area contributed by atoms with Crippen LogP contribution in [0.4, 0.5) is 0 Å². The van der Waals surface area contributed by atoms with Crippen molar-refractivity contribution in [2.45, 2.75) is 0 Å². The molecule has 0 saturated heterocycles. The van der Waals surface area contributed by atoms with Crippen LogP contribution in [-0.2, 0) is 16.3 Å². The van der Waals surface area contributed by atoms with Gasteiger partial charge in [-0.15, -0.1) is 0 Å². The average molecular weight is 663 g/mol. The number of H-pyrrole nitrogens is 2. The van der Waals surface area contributed by atoms with Crippen molar-refractivity contribution in [1.82, 2.24) is 39.9 Å². The maximum absolute atomic E-state index is 5.02. The number of para-hydroxylation sites is 1. The smallest absolute Gasteiger partial charge is 0.164 e. The van der Waals surface area contributed by atoms with Crippen molar-refractivity contribution in [3.05, 3.63) is 127 Å². The monoisotopic (exact) mass is 662 g/mol. The Labute approximate surface area is 282 Å². The fraction of sp³-hybridized carbons (Fsp3) is 0. The van der Waals surface area contributed by atoms with Gasteiger partial charge in [0.2, 0.25) is 0 Å². The third-order valence-electron chi connectivity index (χ3n) is 8.29. The molecule has 0 spiro atoms. The molecule has 48 heavy (non-hydrogen) atoms. The van der Waals surface area contributed by atoms with E-state index in [0.29, 0.717) is 45.9 Å². The maximum Gasteiger partial charge on any atom is 0.164 e. The molecule has 5 heterocycles. The Balaban J connectivity index is 0.000000347. The zero-order valence-electron chi connectivity index (χ0n) is 25.1. The van der Waals surface area contributed by atoms with Crippen molar-refractivity contribution in [2.75, 3.05) is 0 Å². The van der Waals surface area contributed by atoms with Gasteiger partial charge in [-0.25, -0.2) is 29.9 Å². The summed E-state index contributed by atoms with van der Waals surface area (Å²) in [5, 5.41) is 3.82. The van der Waals surface area contributed by atoms with Gasteiger partial charge in [-0.05, 0) is 0 Å². The maximum atomic E-state index is 5.02. The molecule has 2 aliphatic heterocycles. The number of fused-ring (bicyclic) bond motifs is 20. The summed E-state index contributed by atoms with van der Waals surface area (Å²) in [4.78, 5) is 36.8. The van der Waals surface area contributed by atoms with E-state index in [2.05, 4.69) is 26.3 Å². The molecule has 0 amide bonds. The molecule has 0 radical (unpaired) electrons. The topological polar surface area (TPSA) is 118 Å². The Morgan fingerprint density at radius 3 is 0.938 bits per heavy atom. The van der Waals surface area contributed by atoms with E-state index in [1.165, 1.54) is 0 Å². The summed E-state index contributed by atoms with van der Waals surface area (Å²) in [5.74, 6) is 3.22. The van der Waals surface area contributed by atoms with Crippen LogP contribution in [-0.4, -0.2) is 39.9 Å². The number of aromatic nitrogens is 8. The Bertz CT molecular complexity index is 2370. The van der Waals surface area contributed by atoms with Crippen molar-refractivity contribution in [3.8, 4) is 51.3 Å². The van der Waals surface area contributed by atoms with Gasteiger partial charge in [-0.3, -0.25) is 0 Å². The molecule has 5 aromatic carbocycles. The molecule has 9 nitrogen and oxygen atoms in total. The second-order valence-corrected chi connectivity index (χ2v) is 11.4. The Hall–Kier alpha value is -6.22. The van der Waals surface area contributed by atoms with E-state index >= 15 is 0 Å². The summed E-state index contributed by atoms with van der Waals surface area (Å²) in [6, 6.07) is 41.7. The van der Waals surface area contributed by atoms with E-state index in [4.69, 9.17) is 33.7 Å².